The van der Waals surface area contributed by atoms with E-state index in [9.17, 15) is 4.79 Å². The highest BCUT2D eigenvalue weighted by Crippen LogP contribution is 2.23. The van der Waals surface area contributed by atoms with Crippen LogP contribution >= 0.6 is 0 Å². The summed E-state index contributed by atoms with van der Waals surface area (Å²) < 4.78 is 10.4. The van der Waals surface area contributed by atoms with E-state index in [0.29, 0.717) is 6.42 Å². The first-order chi connectivity index (χ1) is 8.97. The molecule has 0 spiro atoms. The number of carbonyl (C=O) groups excluding carboxylic acids is 1. The molecule has 1 atom stereocenters. The Morgan fingerprint density at radius 1 is 1.37 bits per heavy atom. The molecule has 4 nitrogen and oxygen atoms in total. The molecule has 1 N–H and O–H groups in total. The van der Waals surface area contributed by atoms with Crippen LogP contribution in [0, 0.1) is 6.92 Å². The number of carbonyl (C=O) groups is 1. The molecule has 0 aromatic heterocycles. The first-order valence-corrected chi connectivity index (χ1v) is 6.59. The first-order valence-electron chi connectivity index (χ1n) is 6.59. The minimum absolute atomic E-state index is 0.150. The molecule has 0 radical (unpaired) electrons. The summed E-state index contributed by atoms with van der Waals surface area (Å²) in [5.41, 5.74) is 1.97. The molecule has 0 aliphatic rings. The van der Waals surface area contributed by atoms with Gasteiger partial charge in [0.2, 0.25) is 0 Å². The van der Waals surface area contributed by atoms with Crippen molar-refractivity contribution in [3.8, 4) is 5.75 Å². The van der Waals surface area contributed by atoms with Crippen molar-refractivity contribution < 1.29 is 14.3 Å². The van der Waals surface area contributed by atoms with Gasteiger partial charge in [0.15, 0.2) is 0 Å². The van der Waals surface area contributed by atoms with E-state index in [4.69, 9.17) is 9.47 Å². The minimum Gasteiger partial charge on any atom is -0.491 e. The highest BCUT2D eigenvalue weighted by molar-refractivity contribution is 5.79. The van der Waals surface area contributed by atoms with Gasteiger partial charge in [-0.25, -0.2) is 4.79 Å². The summed E-state index contributed by atoms with van der Waals surface area (Å²) in [6, 6.07) is 5.48. The number of rotatable bonds is 6. The molecule has 0 saturated heterocycles. The van der Waals surface area contributed by atoms with Gasteiger partial charge in [0.05, 0.1) is 13.2 Å². The summed E-state index contributed by atoms with van der Waals surface area (Å²) in [6.45, 7) is 7.91. The van der Waals surface area contributed by atoms with Crippen molar-refractivity contribution in [3.63, 3.8) is 0 Å². The lowest BCUT2D eigenvalue weighted by Gasteiger charge is -2.18. The molecule has 0 aliphatic heterocycles. The van der Waals surface area contributed by atoms with E-state index >= 15 is 0 Å². The Morgan fingerprint density at radius 3 is 2.53 bits per heavy atom. The Morgan fingerprint density at radius 2 is 2.05 bits per heavy atom. The summed E-state index contributed by atoms with van der Waals surface area (Å²) in [6.07, 6.45) is 0.827. The van der Waals surface area contributed by atoms with E-state index in [1.165, 1.54) is 7.11 Å². The van der Waals surface area contributed by atoms with Crippen molar-refractivity contribution in [2.75, 3.05) is 12.4 Å². The van der Waals surface area contributed by atoms with Crippen LogP contribution in [-0.4, -0.2) is 25.2 Å². The van der Waals surface area contributed by atoms with E-state index < -0.39 is 0 Å². The van der Waals surface area contributed by atoms with Crippen LogP contribution in [0.15, 0.2) is 18.2 Å². The third-order valence-corrected chi connectivity index (χ3v) is 2.79. The zero-order valence-corrected chi connectivity index (χ0v) is 12.3. The van der Waals surface area contributed by atoms with Crippen LogP contribution in [0.1, 0.15) is 32.8 Å². The van der Waals surface area contributed by atoms with Crippen LogP contribution in [0.5, 0.6) is 5.75 Å². The smallest absolute Gasteiger partial charge is 0.328 e. The molecule has 0 aliphatic carbocycles. The number of ether oxygens (including phenoxy) is 2. The van der Waals surface area contributed by atoms with E-state index in [1.54, 1.807) is 0 Å². The molecule has 19 heavy (non-hydrogen) atoms. The molecule has 1 unspecified atom stereocenters. The predicted molar refractivity (Wildman–Crippen MR) is 76.7 cm³/mol. The van der Waals surface area contributed by atoms with Crippen molar-refractivity contribution in [2.24, 2.45) is 0 Å². The second kappa shape index (κ2) is 7.02. The zero-order valence-electron chi connectivity index (χ0n) is 12.3. The largest absolute Gasteiger partial charge is 0.491 e. The number of anilines is 1. The maximum Gasteiger partial charge on any atom is 0.328 e. The topological polar surface area (TPSA) is 47.6 Å². The van der Waals surface area contributed by atoms with Gasteiger partial charge < -0.3 is 14.8 Å². The molecular weight excluding hydrogens is 242 g/mol. The molecule has 0 saturated carbocycles. The molecule has 0 heterocycles. The fourth-order valence-corrected chi connectivity index (χ4v) is 1.80. The number of hydrogen-bond acceptors (Lipinski definition) is 4. The fourth-order valence-electron chi connectivity index (χ4n) is 1.80. The van der Waals surface area contributed by atoms with Gasteiger partial charge in [-0.1, -0.05) is 6.92 Å². The number of methoxy groups -OCH3 is 1. The van der Waals surface area contributed by atoms with Gasteiger partial charge in [0.25, 0.3) is 0 Å². The summed E-state index contributed by atoms with van der Waals surface area (Å²) in [4.78, 5) is 11.6. The van der Waals surface area contributed by atoms with Gasteiger partial charge in [0.1, 0.15) is 11.8 Å². The van der Waals surface area contributed by atoms with Crippen molar-refractivity contribution in [1.82, 2.24) is 0 Å². The lowest BCUT2D eigenvalue weighted by Crippen LogP contribution is -2.30. The second-order valence-electron chi connectivity index (χ2n) is 4.77. The van der Waals surface area contributed by atoms with Gasteiger partial charge in [-0.2, -0.15) is 0 Å². The molecular formula is C15H23NO3. The Kier molecular flexibility index (Phi) is 5.67. The van der Waals surface area contributed by atoms with Gasteiger partial charge in [-0.15, -0.1) is 0 Å². The maximum absolute atomic E-state index is 11.6. The number of aryl methyl sites for hydroxylation is 1. The number of nitrogens with one attached hydrogen (secondary N) is 1. The summed E-state index contributed by atoms with van der Waals surface area (Å²) in [5, 5.41) is 3.20. The van der Waals surface area contributed by atoms with Crippen LogP contribution in [0.3, 0.4) is 0 Å². The quantitative estimate of drug-likeness (QED) is 0.803. The maximum atomic E-state index is 11.6. The van der Waals surface area contributed by atoms with Crippen molar-refractivity contribution in [2.45, 2.75) is 46.3 Å². The molecule has 4 heteroatoms. The van der Waals surface area contributed by atoms with Crippen LogP contribution in [-0.2, 0) is 9.53 Å². The summed E-state index contributed by atoms with van der Waals surface area (Å²) in [5.74, 6) is 0.591. The number of esters is 1. The molecule has 0 bridgehead atoms. The van der Waals surface area contributed by atoms with Crippen LogP contribution < -0.4 is 10.1 Å². The molecule has 0 fully saturated rings. The standard InChI is InChI=1S/C15H23NO3/c1-6-13(15(17)18-5)16-14-8-7-12(9-11(14)4)19-10(2)3/h7-10,13,16H,6H2,1-5H3. The van der Waals surface area contributed by atoms with Crippen molar-refractivity contribution in [1.29, 1.82) is 0 Å². The van der Waals surface area contributed by atoms with E-state index in [0.717, 1.165) is 17.0 Å². The second-order valence-corrected chi connectivity index (χ2v) is 4.77. The van der Waals surface area contributed by atoms with Gasteiger partial charge >= 0.3 is 5.97 Å². The van der Waals surface area contributed by atoms with E-state index in [-0.39, 0.29) is 18.1 Å². The van der Waals surface area contributed by atoms with Gasteiger partial charge in [-0.05, 0) is 51.0 Å². The zero-order chi connectivity index (χ0) is 14.4. The average Bonchev–Trinajstić information content (AvgIpc) is 2.36. The predicted octanol–water partition coefficient (Wildman–Crippen LogP) is 3.15. The number of benzene rings is 1. The average molecular weight is 265 g/mol. The monoisotopic (exact) mass is 265 g/mol. The molecule has 0 amide bonds. The Hall–Kier alpha value is -1.71. The Balaban J connectivity index is 2.81. The molecule has 1 aromatic rings. The highest BCUT2D eigenvalue weighted by Gasteiger charge is 2.17. The van der Waals surface area contributed by atoms with Gasteiger partial charge in [0, 0.05) is 5.69 Å². The Labute approximate surface area is 115 Å². The van der Waals surface area contributed by atoms with Crippen molar-refractivity contribution >= 4 is 11.7 Å². The normalized spacial score (nSPS) is 12.1. The number of hydrogen-bond donors (Lipinski definition) is 1. The van der Waals surface area contributed by atoms with Crippen LogP contribution in [0.25, 0.3) is 0 Å². The lowest BCUT2D eigenvalue weighted by molar-refractivity contribution is -0.141. The third-order valence-electron chi connectivity index (χ3n) is 2.79. The highest BCUT2D eigenvalue weighted by atomic mass is 16.5. The lowest BCUT2D eigenvalue weighted by atomic mass is 10.1. The first kappa shape index (κ1) is 15.3. The molecule has 1 aromatic carbocycles. The fraction of sp³-hybridized carbons (Fsp3) is 0.533. The van der Waals surface area contributed by atoms with Crippen LogP contribution in [0.2, 0.25) is 0 Å². The van der Waals surface area contributed by atoms with Crippen LogP contribution in [0.4, 0.5) is 5.69 Å². The van der Waals surface area contributed by atoms with E-state index in [2.05, 4.69) is 5.32 Å². The Bertz CT molecular complexity index is 429. The summed E-state index contributed by atoms with van der Waals surface area (Å²) >= 11 is 0. The molecule has 106 valence electrons. The molecule has 1 rings (SSSR count). The summed E-state index contributed by atoms with van der Waals surface area (Å²) in [7, 11) is 1.40. The van der Waals surface area contributed by atoms with E-state index in [1.807, 2.05) is 45.9 Å². The SMILES string of the molecule is CCC(Nc1ccc(OC(C)C)cc1C)C(=O)OC. The van der Waals surface area contributed by atoms with Gasteiger partial charge in [-0.3, -0.25) is 0 Å². The minimum atomic E-state index is -0.319. The van der Waals surface area contributed by atoms with Crippen molar-refractivity contribution in [3.05, 3.63) is 23.8 Å². The third kappa shape index (κ3) is 4.47.